The van der Waals surface area contributed by atoms with Crippen LogP contribution in [0.4, 0.5) is 0 Å². The Hall–Kier alpha value is -0.490. The zero-order valence-corrected chi connectivity index (χ0v) is 12.9. The fraction of sp³-hybridized carbons (Fsp3) is 0.667. The van der Waals surface area contributed by atoms with E-state index in [1.165, 1.54) is 43.2 Å². The van der Waals surface area contributed by atoms with Crippen LogP contribution in [0.1, 0.15) is 56.6 Å². The van der Waals surface area contributed by atoms with E-state index >= 15 is 0 Å². The maximum Gasteiger partial charge on any atom is 0.0285 e. The highest BCUT2D eigenvalue weighted by Gasteiger charge is 2.50. The third-order valence-corrected chi connectivity index (χ3v) is 6.10. The van der Waals surface area contributed by atoms with Crippen LogP contribution < -0.4 is 0 Å². The minimum absolute atomic E-state index is 0.407. The van der Waals surface area contributed by atoms with Crippen LogP contribution in [0.15, 0.2) is 24.3 Å². The molecular formula is C18H25Cl. The Balaban J connectivity index is 1.76. The van der Waals surface area contributed by atoms with E-state index in [2.05, 4.69) is 38.1 Å². The van der Waals surface area contributed by atoms with Crippen molar-refractivity contribution in [3.8, 4) is 0 Å². The van der Waals surface area contributed by atoms with E-state index < -0.39 is 0 Å². The van der Waals surface area contributed by atoms with Crippen LogP contribution in [-0.2, 0) is 6.42 Å². The SMILES string of the molecule is CC(C)c1ccc(CC2(CCl)CC3CCC2C3)cc1. The Morgan fingerprint density at radius 3 is 2.42 bits per heavy atom. The summed E-state index contributed by atoms with van der Waals surface area (Å²) < 4.78 is 0. The van der Waals surface area contributed by atoms with Crippen molar-refractivity contribution in [1.29, 1.82) is 0 Å². The largest absolute Gasteiger partial charge is 0.126 e. The van der Waals surface area contributed by atoms with E-state index in [-0.39, 0.29) is 0 Å². The van der Waals surface area contributed by atoms with E-state index in [0.717, 1.165) is 17.7 Å². The van der Waals surface area contributed by atoms with Crippen molar-refractivity contribution in [2.75, 3.05) is 5.88 Å². The van der Waals surface area contributed by atoms with Gasteiger partial charge in [-0.05, 0) is 60.0 Å². The van der Waals surface area contributed by atoms with Gasteiger partial charge in [0.1, 0.15) is 0 Å². The number of rotatable bonds is 4. The summed E-state index contributed by atoms with van der Waals surface area (Å²) in [7, 11) is 0. The lowest BCUT2D eigenvalue weighted by molar-refractivity contribution is 0.193. The van der Waals surface area contributed by atoms with E-state index in [1.807, 2.05) is 0 Å². The molecule has 2 saturated carbocycles. The highest BCUT2D eigenvalue weighted by atomic mass is 35.5. The second kappa shape index (κ2) is 5.13. The fourth-order valence-corrected chi connectivity index (χ4v) is 4.83. The molecular weight excluding hydrogens is 252 g/mol. The Bertz CT molecular complexity index is 434. The molecule has 3 unspecified atom stereocenters. The number of halogens is 1. The molecule has 0 aliphatic heterocycles. The molecule has 1 aromatic carbocycles. The summed E-state index contributed by atoms with van der Waals surface area (Å²) in [5.74, 6) is 3.33. The molecule has 0 aromatic heterocycles. The number of benzene rings is 1. The molecule has 0 saturated heterocycles. The summed E-state index contributed by atoms with van der Waals surface area (Å²) >= 11 is 6.39. The first kappa shape index (κ1) is 13.5. The van der Waals surface area contributed by atoms with Gasteiger partial charge >= 0.3 is 0 Å². The minimum atomic E-state index is 0.407. The predicted octanol–water partition coefficient (Wildman–Crippen LogP) is 5.40. The molecule has 2 aliphatic carbocycles. The first-order valence-electron chi connectivity index (χ1n) is 7.78. The number of hydrogen-bond donors (Lipinski definition) is 0. The maximum absolute atomic E-state index is 6.39. The molecule has 104 valence electrons. The van der Waals surface area contributed by atoms with Crippen LogP contribution in [0, 0.1) is 17.3 Å². The van der Waals surface area contributed by atoms with Gasteiger partial charge in [0.2, 0.25) is 0 Å². The number of hydrogen-bond acceptors (Lipinski definition) is 0. The molecule has 1 heteroatoms. The molecule has 2 aliphatic rings. The molecule has 0 spiro atoms. The Morgan fingerprint density at radius 1 is 1.21 bits per heavy atom. The predicted molar refractivity (Wildman–Crippen MR) is 82.8 cm³/mol. The van der Waals surface area contributed by atoms with Crippen molar-refractivity contribution < 1.29 is 0 Å². The fourth-order valence-electron chi connectivity index (χ4n) is 4.41. The van der Waals surface area contributed by atoms with E-state index in [0.29, 0.717) is 11.3 Å². The summed E-state index contributed by atoms with van der Waals surface area (Å²) in [5.41, 5.74) is 3.33. The van der Waals surface area contributed by atoms with Gasteiger partial charge in [-0.3, -0.25) is 0 Å². The van der Waals surface area contributed by atoms with Crippen LogP contribution in [0.3, 0.4) is 0 Å². The molecule has 3 atom stereocenters. The van der Waals surface area contributed by atoms with E-state index in [1.54, 1.807) is 0 Å². The zero-order valence-electron chi connectivity index (χ0n) is 12.2. The Kier molecular flexibility index (Phi) is 3.64. The Morgan fingerprint density at radius 2 is 1.95 bits per heavy atom. The molecule has 19 heavy (non-hydrogen) atoms. The van der Waals surface area contributed by atoms with Gasteiger partial charge in [-0.2, -0.15) is 0 Å². The first-order chi connectivity index (χ1) is 9.13. The molecule has 0 nitrogen and oxygen atoms in total. The molecule has 0 heterocycles. The smallest absolute Gasteiger partial charge is 0.0285 e. The van der Waals surface area contributed by atoms with E-state index in [4.69, 9.17) is 11.6 Å². The third-order valence-electron chi connectivity index (χ3n) is 5.57. The average molecular weight is 277 g/mol. The van der Waals surface area contributed by atoms with Gasteiger partial charge in [0.15, 0.2) is 0 Å². The van der Waals surface area contributed by atoms with Crippen molar-refractivity contribution in [2.45, 2.75) is 51.9 Å². The van der Waals surface area contributed by atoms with Crippen molar-refractivity contribution >= 4 is 11.6 Å². The second-order valence-corrected chi connectivity index (χ2v) is 7.42. The van der Waals surface area contributed by atoms with Crippen molar-refractivity contribution in [2.24, 2.45) is 17.3 Å². The summed E-state index contributed by atoms with van der Waals surface area (Å²) in [6.45, 7) is 4.51. The average Bonchev–Trinajstić information content (AvgIpc) is 3.00. The maximum atomic E-state index is 6.39. The summed E-state index contributed by atoms with van der Waals surface area (Å²) in [5, 5.41) is 0. The summed E-state index contributed by atoms with van der Waals surface area (Å²) in [6, 6.07) is 9.26. The lowest BCUT2D eigenvalue weighted by atomic mass is 9.71. The highest BCUT2D eigenvalue weighted by Crippen LogP contribution is 2.57. The highest BCUT2D eigenvalue weighted by molar-refractivity contribution is 6.18. The first-order valence-corrected chi connectivity index (χ1v) is 8.31. The van der Waals surface area contributed by atoms with Crippen LogP contribution in [0.25, 0.3) is 0 Å². The molecule has 2 bridgehead atoms. The van der Waals surface area contributed by atoms with Gasteiger partial charge < -0.3 is 0 Å². The van der Waals surface area contributed by atoms with Gasteiger partial charge in [0.25, 0.3) is 0 Å². The van der Waals surface area contributed by atoms with Crippen molar-refractivity contribution in [3.63, 3.8) is 0 Å². The molecule has 0 radical (unpaired) electrons. The lowest BCUT2D eigenvalue weighted by Crippen LogP contribution is -2.32. The number of alkyl halides is 1. The van der Waals surface area contributed by atoms with Crippen molar-refractivity contribution in [3.05, 3.63) is 35.4 Å². The molecule has 0 amide bonds. The van der Waals surface area contributed by atoms with Crippen molar-refractivity contribution in [1.82, 2.24) is 0 Å². The van der Waals surface area contributed by atoms with Gasteiger partial charge in [0, 0.05) is 5.88 Å². The van der Waals surface area contributed by atoms with Gasteiger partial charge in [0.05, 0.1) is 0 Å². The van der Waals surface area contributed by atoms with E-state index in [9.17, 15) is 0 Å². The van der Waals surface area contributed by atoms with Crippen LogP contribution >= 0.6 is 11.6 Å². The molecule has 3 rings (SSSR count). The lowest BCUT2D eigenvalue weighted by Gasteiger charge is -2.36. The van der Waals surface area contributed by atoms with Gasteiger partial charge in [-0.15, -0.1) is 11.6 Å². The summed E-state index contributed by atoms with van der Waals surface area (Å²) in [6.07, 6.45) is 6.87. The molecule has 1 aromatic rings. The van der Waals surface area contributed by atoms with Crippen LogP contribution in [-0.4, -0.2) is 5.88 Å². The standard InChI is InChI=1S/C18H25Cl/c1-13(2)16-6-3-14(4-7-16)10-18(12-19)11-15-5-8-17(18)9-15/h3-4,6-7,13,15,17H,5,8-12H2,1-2H3. The van der Waals surface area contributed by atoms with Gasteiger partial charge in [-0.25, -0.2) is 0 Å². The quantitative estimate of drug-likeness (QED) is 0.646. The molecule has 2 fully saturated rings. The zero-order chi connectivity index (χ0) is 13.5. The monoisotopic (exact) mass is 276 g/mol. The Labute approximate surface area is 122 Å². The second-order valence-electron chi connectivity index (χ2n) is 7.15. The van der Waals surface area contributed by atoms with Gasteiger partial charge in [-0.1, -0.05) is 44.5 Å². The molecule has 0 N–H and O–H groups in total. The topological polar surface area (TPSA) is 0 Å². The third kappa shape index (κ3) is 2.44. The number of fused-ring (bicyclic) bond motifs is 2. The summed E-state index contributed by atoms with van der Waals surface area (Å²) in [4.78, 5) is 0. The minimum Gasteiger partial charge on any atom is -0.126 e. The van der Waals surface area contributed by atoms with Crippen LogP contribution in [0.2, 0.25) is 0 Å². The normalized spacial score (nSPS) is 33.3. The van der Waals surface area contributed by atoms with Crippen LogP contribution in [0.5, 0.6) is 0 Å².